The fraction of sp³-hybridized carbons (Fsp3) is 0.273. The Morgan fingerprint density at radius 1 is 1.40 bits per heavy atom. The first kappa shape index (κ1) is 16.1. The predicted octanol–water partition coefficient (Wildman–Crippen LogP) is 0.364. The van der Waals surface area contributed by atoms with Crippen molar-refractivity contribution in [1.82, 2.24) is 4.72 Å². The lowest BCUT2D eigenvalue weighted by atomic mass is 10.2. The van der Waals surface area contributed by atoms with E-state index in [0.29, 0.717) is 0 Å². The summed E-state index contributed by atoms with van der Waals surface area (Å²) in [5.74, 6) is -3.67. The largest absolute Gasteiger partial charge is 0.480 e. The molecule has 0 aliphatic rings. The highest BCUT2D eigenvalue weighted by Gasteiger charge is 2.28. The Hall–Kier alpha value is -2.00. The maximum Gasteiger partial charge on any atom is 0.342 e. The molecule has 2 N–H and O–H groups in total. The Kier molecular flexibility index (Phi) is 4.79. The smallest absolute Gasteiger partial charge is 0.342 e. The van der Waals surface area contributed by atoms with Crippen LogP contribution >= 0.6 is 0 Å². The number of aliphatic carboxylic acids is 1. The van der Waals surface area contributed by atoms with Gasteiger partial charge in [0, 0.05) is 0 Å². The molecule has 0 spiro atoms. The van der Waals surface area contributed by atoms with Crippen LogP contribution in [0.25, 0.3) is 0 Å². The van der Waals surface area contributed by atoms with Crippen LogP contribution < -0.4 is 4.72 Å². The number of methoxy groups -OCH3 is 1. The van der Waals surface area contributed by atoms with Crippen LogP contribution in [-0.2, 0) is 19.6 Å². The first-order valence-corrected chi connectivity index (χ1v) is 6.81. The molecule has 0 saturated carbocycles. The molecule has 0 radical (unpaired) electrons. The summed E-state index contributed by atoms with van der Waals surface area (Å²) in [6, 6.07) is 1.52. The summed E-state index contributed by atoms with van der Waals surface area (Å²) in [5.41, 5.74) is -0.778. The zero-order chi connectivity index (χ0) is 15.5. The summed E-state index contributed by atoms with van der Waals surface area (Å²) >= 11 is 0. The quantitative estimate of drug-likeness (QED) is 0.760. The van der Waals surface area contributed by atoms with Crippen molar-refractivity contribution in [3.8, 4) is 0 Å². The number of hydrogen-bond acceptors (Lipinski definition) is 5. The van der Waals surface area contributed by atoms with Gasteiger partial charge in [-0.05, 0) is 19.1 Å². The standard InChI is InChI=1S/C11H12FNO6S/c1-6(10(14)15)13-20(17,18)8-5-3-4-7(12)9(8)11(16)19-2/h3-6,13H,1-2H3,(H,14,15). The van der Waals surface area contributed by atoms with Gasteiger partial charge in [-0.25, -0.2) is 17.6 Å². The van der Waals surface area contributed by atoms with E-state index < -0.39 is 44.3 Å². The third-order valence-electron chi connectivity index (χ3n) is 2.36. The van der Waals surface area contributed by atoms with Crippen molar-refractivity contribution in [3.63, 3.8) is 0 Å². The second-order valence-electron chi connectivity index (χ2n) is 3.79. The molecule has 110 valence electrons. The molecular weight excluding hydrogens is 293 g/mol. The van der Waals surface area contributed by atoms with Crippen LogP contribution in [0.3, 0.4) is 0 Å². The maximum atomic E-state index is 13.6. The Balaban J connectivity index is 3.36. The van der Waals surface area contributed by atoms with Gasteiger partial charge in [0.1, 0.15) is 17.4 Å². The minimum absolute atomic E-state index is 0.683. The fourth-order valence-electron chi connectivity index (χ4n) is 1.38. The van der Waals surface area contributed by atoms with Crippen molar-refractivity contribution in [2.45, 2.75) is 17.9 Å². The van der Waals surface area contributed by atoms with E-state index in [0.717, 1.165) is 32.2 Å². The van der Waals surface area contributed by atoms with Gasteiger partial charge in [-0.3, -0.25) is 4.79 Å². The van der Waals surface area contributed by atoms with Gasteiger partial charge in [-0.2, -0.15) is 4.72 Å². The highest BCUT2D eigenvalue weighted by atomic mass is 32.2. The van der Waals surface area contributed by atoms with Crippen molar-refractivity contribution in [2.24, 2.45) is 0 Å². The topological polar surface area (TPSA) is 110 Å². The summed E-state index contributed by atoms with van der Waals surface area (Å²) in [4.78, 5) is 21.4. The molecule has 1 aromatic rings. The molecule has 1 atom stereocenters. The van der Waals surface area contributed by atoms with Gasteiger partial charge in [0.2, 0.25) is 10.0 Å². The highest BCUT2D eigenvalue weighted by Crippen LogP contribution is 2.20. The number of benzene rings is 1. The Morgan fingerprint density at radius 2 is 2.00 bits per heavy atom. The van der Waals surface area contributed by atoms with Crippen molar-refractivity contribution < 1.29 is 32.2 Å². The number of carboxylic acid groups (broad SMARTS) is 1. The molecule has 0 saturated heterocycles. The number of sulfonamides is 1. The van der Waals surface area contributed by atoms with Gasteiger partial charge in [-0.1, -0.05) is 6.07 Å². The third-order valence-corrected chi connectivity index (χ3v) is 3.94. The zero-order valence-corrected chi connectivity index (χ0v) is 11.4. The number of halogens is 1. The average Bonchev–Trinajstić information content (AvgIpc) is 2.36. The number of ether oxygens (including phenoxy) is 1. The predicted molar refractivity (Wildman–Crippen MR) is 65.2 cm³/mol. The normalized spacial score (nSPS) is 12.8. The number of nitrogens with one attached hydrogen (secondary N) is 1. The molecule has 0 aromatic heterocycles. The monoisotopic (exact) mass is 305 g/mol. The van der Waals surface area contributed by atoms with Gasteiger partial charge in [0.25, 0.3) is 0 Å². The zero-order valence-electron chi connectivity index (χ0n) is 10.6. The first-order valence-electron chi connectivity index (χ1n) is 5.32. The van der Waals surface area contributed by atoms with Gasteiger partial charge in [-0.15, -0.1) is 0 Å². The van der Waals surface area contributed by atoms with E-state index >= 15 is 0 Å². The van der Waals surface area contributed by atoms with E-state index in [4.69, 9.17) is 5.11 Å². The number of rotatable bonds is 5. The third kappa shape index (κ3) is 3.31. The minimum Gasteiger partial charge on any atom is -0.480 e. The molecule has 0 aliphatic carbocycles. The Bertz CT molecular complexity index is 642. The molecule has 0 amide bonds. The van der Waals surface area contributed by atoms with Crippen molar-refractivity contribution in [1.29, 1.82) is 0 Å². The van der Waals surface area contributed by atoms with Crippen LogP contribution in [0.15, 0.2) is 23.1 Å². The second kappa shape index (κ2) is 5.97. The lowest BCUT2D eigenvalue weighted by Crippen LogP contribution is -2.39. The van der Waals surface area contributed by atoms with Crippen LogP contribution in [0.2, 0.25) is 0 Å². The first-order chi connectivity index (χ1) is 9.20. The minimum atomic E-state index is -4.38. The summed E-state index contributed by atoms with van der Waals surface area (Å²) in [6.07, 6.45) is 0. The molecule has 7 nitrogen and oxygen atoms in total. The van der Waals surface area contributed by atoms with Crippen molar-refractivity contribution in [3.05, 3.63) is 29.6 Å². The van der Waals surface area contributed by atoms with E-state index in [-0.39, 0.29) is 0 Å². The molecular formula is C11H12FNO6S. The maximum absolute atomic E-state index is 13.6. The van der Waals surface area contributed by atoms with Crippen LogP contribution in [0.4, 0.5) is 4.39 Å². The molecule has 0 fully saturated rings. The lowest BCUT2D eigenvalue weighted by molar-refractivity contribution is -0.138. The summed E-state index contributed by atoms with van der Waals surface area (Å²) < 4.78 is 43.7. The molecule has 1 unspecified atom stereocenters. The average molecular weight is 305 g/mol. The van der Waals surface area contributed by atoms with Crippen LogP contribution in [-0.4, -0.2) is 38.6 Å². The van der Waals surface area contributed by atoms with Gasteiger partial charge >= 0.3 is 11.9 Å². The van der Waals surface area contributed by atoms with Crippen LogP contribution in [0, 0.1) is 5.82 Å². The lowest BCUT2D eigenvalue weighted by Gasteiger charge is -2.13. The summed E-state index contributed by atoms with van der Waals surface area (Å²) in [5, 5.41) is 8.68. The van der Waals surface area contributed by atoms with E-state index in [2.05, 4.69) is 4.74 Å². The van der Waals surface area contributed by atoms with E-state index in [1.54, 1.807) is 0 Å². The molecule has 0 aliphatic heterocycles. The van der Waals surface area contributed by atoms with Gasteiger partial charge in [0.05, 0.1) is 12.0 Å². The molecule has 1 rings (SSSR count). The van der Waals surface area contributed by atoms with Crippen LogP contribution in [0.5, 0.6) is 0 Å². The molecule has 1 aromatic carbocycles. The number of carboxylic acids is 1. The van der Waals surface area contributed by atoms with Crippen LogP contribution in [0.1, 0.15) is 17.3 Å². The molecule has 20 heavy (non-hydrogen) atoms. The fourth-order valence-corrected chi connectivity index (χ4v) is 2.78. The number of hydrogen-bond donors (Lipinski definition) is 2. The molecule has 0 bridgehead atoms. The number of carbonyl (C=O) groups excluding carboxylic acids is 1. The number of carbonyl (C=O) groups is 2. The highest BCUT2D eigenvalue weighted by molar-refractivity contribution is 7.89. The Morgan fingerprint density at radius 3 is 2.50 bits per heavy atom. The summed E-state index contributed by atoms with van der Waals surface area (Å²) in [7, 11) is -3.41. The summed E-state index contributed by atoms with van der Waals surface area (Å²) in [6.45, 7) is 1.09. The molecule has 0 heterocycles. The van der Waals surface area contributed by atoms with Crippen molar-refractivity contribution >= 4 is 22.0 Å². The van der Waals surface area contributed by atoms with Crippen molar-refractivity contribution in [2.75, 3.05) is 7.11 Å². The van der Waals surface area contributed by atoms with E-state index in [1.165, 1.54) is 0 Å². The molecule has 9 heteroatoms. The second-order valence-corrected chi connectivity index (χ2v) is 5.47. The SMILES string of the molecule is COC(=O)c1c(F)cccc1S(=O)(=O)NC(C)C(=O)O. The van der Waals surface area contributed by atoms with E-state index in [1.807, 2.05) is 4.72 Å². The number of esters is 1. The Labute approximate surface area is 114 Å². The van der Waals surface area contributed by atoms with Gasteiger partial charge < -0.3 is 9.84 Å². The van der Waals surface area contributed by atoms with Gasteiger partial charge in [0.15, 0.2) is 0 Å². The van der Waals surface area contributed by atoms with E-state index in [9.17, 15) is 22.4 Å².